The summed E-state index contributed by atoms with van der Waals surface area (Å²) in [6, 6.07) is 5.06. The Morgan fingerprint density at radius 1 is 1.25 bits per heavy atom. The van der Waals surface area contributed by atoms with Crippen molar-refractivity contribution < 1.29 is 21.6 Å². The number of nitrogens with one attached hydrogen (secondary N) is 1. The summed E-state index contributed by atoms with van der Waals surface area (Å²) < 4.78 is 59.7. The van der Waals surface area contributed by atoms with Gasteiger partial charge in [0.15, 0.2) is 0 Å². The summed E-state index contributed by atoms with van der Waals surface area (Å²) in [6.45, 7) is 1.70. The van der Waals surface area contributed by atoms with Gasteiger partial charge in [-0.1, -0.05) is 0 Å². The largest absolute Gasteiger partial charge is 0.501 e. The molecule has 0 aliphatic carbocycles. The molecule has 1 aliphatic rings. The average molecular weight is 308 g/mol. The van der Waals surface area contributed by atoms with E-state index in [0.29, 0.717) is 5.69 Å². The van der Waals surface area contributed by atoms with Crippen molar-refractivity contribution in [2.75, 3.05) is 25.0 Å². The van der Waals surface area contributed by atoms with E-state index < -0.39 is 20.2 Å². The van der Waals surface area contributed by atoms with Gasteiger partial charge in [0, 0.05) is 25.3 Å². The molecule has 8 heteroatoms. The van der Waals surface area contributed by atoms with Crippen molar-refractivity contribution in [3.05, 3.63) is 24.3 Å². The van der Waals surface area contributed by atoms with Crippen molar-refractivity contribution in [1.82, 2.24) is 5.32 Å². The Labute approximate surface area is 115 Å². The van der Waals surface area contributed by atoms with E-state index in [0.717, 1.165) is 31.6 Å². The molecule has 0 saturated carbocycles. The summed E-state index contributed by atoms with van der Waals surface area (Å²) in [5.41, 5.74) is -4.57. The van der Waals surface area contributed by atoms with Crippen LogP contribution in [0.3, 0.4) is 0 Å². The molecule has 1 N–H and O–H groups in total. The predicted molar refractivity (Wildman–Crippen MR) is 69.4 cm³/mol. The lowest BCUT2D eigenvalue weighted by molar-refractivity contribution is -0.0436. The third-order valence-corrected chi connectivity index (χ3v) is 4.94. The number of nitrogens with zero attached hydrogens (tertiary/aromatic N) is 1. The summed E-state index contributed by atoms with van der Waals surface area (Å²) >= 11 is 0. The van der Waals surface area contributed by atoms with Crippen LogP contribution in [-0.4, -0.2) is 40.1 Å². The van der Waals surface area contributed by atoms with Gasteiger partial charge in [0.25, 0.3) is 9.84 Å². The normalized spacial score (nSPS) is 20.1. The van der Waals surface area contributed by atoms with E-state index in [9.17, 15) is 21.6 Å². The maximum atomic E-state index is 12.4. The zero-order valence-electron chi connectivity index (χ0n) is 10.8. The van der Waals surface area contributed by atoms with Crippen LogP contribution in [0.15, 0.2) is 29.2 Å². The fraction of sp³-hybridized carbons (Fsp3) is 0.500. The molecule has 20 heavy (non-hydrogen) atoms. The Hall–Kier alpha value is -1.28. The summed E-state index contributed by atoms with van der Waals surface area (Å²) in [5, 5.41) is 3.19. The fourth-order valence-electron chi connectivity index (χ4n) is 2.17. The topological polar surface area (TPSA) is 49.4 Å². The number of benzene rings is 1. The average Bonchev–Trinajstić information content (AvgIpc) is 2.90. The van der Waals surface area contributed by atoms with Crippen LogP contribution in [0.1, 0.15) is 6.42 Å². The quantitative estimate of drug-likeness (QED) is 0.925. The van der Waals surface area contributed by atoms with Crippen LogP contribution in [0.2, 0.25) is 0 Å². The van der Waals surface area contributed by atoms with Gasteiger partial charge in [-0.3, -0.25) is 0 Å². The fourth-order valence-corrected chi connectivity index (χ4v) is 2.94. The van der Waals surface area contributed by atoms with Crippen LogP contribution in [0.25, 0.3) is 0 Å². The van der Waals surface area contributed by atoms with Gasteiger partial charge >= 0.3 is 5.51 Å². The number of anilines is 1. The summed E-state index contributed by atoms with van der Waals surface area (Å²) in [7, 11) is -3.43. The zero-order valence-corrected chi connectivity index (χ0v) is 11.6. The third kappa shape index (κ3) is 2.76. The molecule has 0 spiro atoms. The molecule has 0 radical (unpaired) electrons. The molecule has 1 heterocycles. The molecule has 4 nitrogen and oxygen atoms in total. The summed E-state index contributed by atoms with van der Waals surface area (Å²) in [4.78, 5) is 1.20. The maximum Gasteiger partial charge on any atom is 0.501 e. The van der Waals surface area contributed by atoms with Gasteiger partial charge < -0.3 is 10.2 Å². The number of rotatable bonds is 3. The lowest BCUT2D eigenvalue weighted by Crippen LogP contribution is -2.33. The minimum Gasteiger partial charge on any atom is -0.370 e. The minimum absolute atomic E-state index is 0.264. The van der Waals surface area contributed by atoms with Gasteiger partial charge in [0.2, 0.25) is 0 Å². The first-order chi connectivity index (χ1) is 9.23. The number of hydrogen-bond acceptors (Lipinski definition) is 4. The SMILES string of the molecule is CN(c1ccc(S(=O)(=O)C(F)(F)F)cc1)C1CCNC1. The second-order valence-electron chi connectivity index (χ2n) is 4.70. The van der Waals surface area contributed by atoms with E-state index in [1.165, 1.54) is 12.1 Å². The molecule has 1 atom stereocenters. The Morgan fingerprint density at radius 2 is 1.85 bits per heavy atom. The number of alkyl halides is 3. The van der Waals surface area contributed by atoms with E-state index in [-0.39, 0.29) is 6.04 Å². The predicted octanol–water partition coefficient (Wildman–Crippen LogP) is 1.78. The second kappa shape index (κ2) is 5.25. The molecule has 112 valence electrons. The van der Waals surface area contributed by atoms with E-state index >= 15 is 0 Å². The lowest BCUT2D eigenvalue weighted by Gasteiger charge is -2.26. The number of hydrogen-bond donors (Lipinski definition) is 1. The second-order valence-corrected chi connectivity index (χ2v) is 6.64. The van der Waals surface area contributed by atoms with Gasteiger partial charge in [-0.15, -0.1) is 0 Å². The van der Waals surface area contributed by atoms with Gasteiger partial charge in [-0.2, -0.15) is 13.2 Å². The molecule has 1 aromatic rings. The molecule has 1 saturated heterocycles. The molecule has 1 aromatic carbocycles. The summed E-state index contributed by atoms with van der Waals surface area (Å²) in [5.74, 6) is 0. The molecule has 0 aromatic heterocycles. The standard InChI is InChI=1S/C12H15F3N2O2S/c1-17(10-6-7-16-8-10)9-2-4-11(5-3-9)20(18,19)12(13,14)15/h2-5,10,16H,6-8H2,1H3. The van der Waals surface area contributed by atoms with E-state index in [2.05, 4.69) is 5.32 Å². The Balaban J connectivity index is 2.22. The third-order valence-electron chi connectivity index (χ3n) is 3.44. The first-order valence-electron chi connectivity index (χ1n) is 6.08. The van der Waals surface area contributed by atoms with Gasteiger partial charge in [0.05, 0.1) is 4.90 Å². The van der Waals surface area contributed by atoms with Crippen LogP contribution < -0.4 is 10.2 Å². The first kappa shape index (κ1) is 15.1. The van der Waals surface area contributed by atoms with Crippen molar-refractivity contribution in [3.63, 3.8) is 0 Å². The highest BCUT2D eigenvalue weighted by Gasteiger charge is 2.46. The Morgan fingerprint density at radius 3 is 2.30 bits per heavy atom. The molecule has 1 aliphatic heterocycles. The van der Waals surface area contributed by atoms with Crippen LogP contribution in [0.5, 0.6) is 0 Å². The lowest BCUT2D eigenvalue weighted by atomic mass is 10.2. The van der Waals surface area contributed by atoms with Crippen LogP contribution in [-0.2, 0) is 9.84 Å². The van der Waals surface area contributed by atoms with E-state index in [1.54, 1.807) is 0 Å². The Bertz CT molecular complexity index is 563. The van der Waals surface area contributed by atoms with Crippen molar-refractivity contribution in [3.8, 4) is 0 Å². The Kier molecular flexibility index (Phi) is 3.97. The van der Waals surface area contributed by atoms with Gasteiger partial charge in [-0.05, 0) is 37.2 Å². The van der Waals surface area contributed by atoms with Crippen molar-refractivity contribution in [1.29, 1.82) is 0 Å². The van der Waals surface area contributed by atoms with Crippen LogP contribution >= 0.6 is 0 Å². The highest BCUT2D eigenvalue weighted by Crippen LogP contribution is 2.31. The van der Waals surface area contributed by atoms with Crippen LogP contribution in [0, 0.1) is 0 Å². The molecular formula is C12H15F3N2O2S. The molecule has 1 unspecified atom stereocenters. The number of likely N-dealkylation sites (N-methyl/N-ethyl adjacent to an activating group) is 1. The van der Waals surface area contributed by atoms with Gasteiger partial charge in [-0.25, -0.2) is 8.42 Å². The van der Waals surface area contributed by atoms with Gasteiger partial charge in [0.1, 0.15) is 0 Å². The summed E-state index contributed by atoms with van der Waals surface area (Å²) in [6.07, 6.45) is 0.944. The van der Waals surface area contributed by atoms with E-state index in [1.807, 2.05) is 11.9 Å². The molecule has 0 amide bonds. The smallest absolute Gasteiger partial charge is 0.370 e. The van der Waals surface area contributed by atoms with Crippen molar-refractivity contribution in [2.45, 2.75) is 22.9 Å². The molecular weight excluding hydrogens is 293 g/mol. The zero-order chi connectivity index (χ0) is 15.0. The minimum atomic E-state index is -5.27. The van der Waals surface area contributed by atoms with Crippen molar-refractivity contribution >= 4 is 15.5 Å². The molecule has 1 fully saturated rings. The highest BCUT2D eigenvalue weighted by atomic mass is 32.2. The first-order valence-corrected chi connectivity index (χ1v) is 7.57. The number of halogens is 3. The molecule has 0 bridgehead atoms. The van der Waals surface area contributed by atoms with Crippen molar-refractivity contribution in [2.24, 2.45) is 0 Å². The van der Waals surface area contributed by atoms with Crippen LogP contribution in [0.4, 0.5) is 18.9 Å². The van der Waals surface area contributed by atoms with E-state index in [4.69, 9.17) is 0 Å². The monoisotopic (exact) mass is 308 g/mol. The number of sulfone groups is 1. The maximum absolute atomic E-state index is 12.4. The highest BCUT2D eigenvalue weighted by molar-refractivity contribution is 7.92. The molecule has 2 rings (SSSR count).